The fraction of sp³-hybridized carbons (Fsp3) is 0.222. The molecule has 1 rings (SSSR count). The van der Waals surface area contributed by atoms with E-state index < -0.39 is 6.04 Å². The average Bonchev–Trinajstić information content (AvgIpc) is 2.09. The smallest absolute Gasteiger partial charge is 0.120 e. The summed E-state index contributed by atoms with van der Waals surface area (Å²) in [6, 6.07) is 6.09. The van der Waals surface area contributed by atoms with Gasteiger partial charge in [0.2, 0.25) is 0 Å². The highest BCUT2D eigenvalue weighted by Crippen LogP contribution is 2.26. The first-order valence-corrected chi connectivity index (χ1v) is 3.86. The third-order valence-electron chi connectivity index (χ3n) is 1.76. The van der Waals surface area contributed by atoms with Crippen LogP contribution in [0.1, 0.15) is 18.0 Å². The van der Waals surface area contributed by atoms with E-state index in [1.807, 2.05) is 6.07 Å². The Morgan fingerprint density at radius 3 is 2.85 bits per heavy atom. The highest BCUT2D eigenvalue weighted by molar-refractivity contribution is 5.48. The van der Waals surface area contributed by atoms with E-state index in [2.05, 4.69) is 0 Å². The Kier molecular flexibility index (Phi) is 2.72. The molecule has 0 amide bonds. The van der Waals surface area contributed by atoms with Crippen LogP contribution in [0.25, 0.3) is 0 Å². The van der Waals surface area contributed by atoms with E-state index in [1.54, 1.807) is 12.1 Å². The van der Waals surface area contributed by atoms with Crippen LogP contribution in [0.5, 0.6) is 5.75 Å². The standard InChI is InChI=1S/C9H11N3O/c10-4-3-8(12)7-5-6(11)1-2-9(7)13/h1-2,5,8,13H,3,11-12H2. The van der Waals surface area contributed by atoms with Gasteiger partial charge in [-0.15, -0.1) is 0 Å². The number of phenolic OH excluding ortho intramolecular Hbond substituents is 1. The number of aromatic hydroxyl groups is 1. The minimum absolute atomic E-state index is 0.0805. The molecule has 0 bridgehead atoms. The van der Waals surface area contributed by atoms with Crippen molar-refractivity contribution in [2.24, 2.45) is 5.73 Å². The molecule has 0 aliphatic heterocycles. The number of benzene rings is 1. The Morgan fingerprint density at radius 2 is 2.23 bits per heavy atom. The maximum absolute atomic E-state index is 9.39. The first-order chi connectivity index (χ1) is 6.15. The Labute approximate surface area is 76.4 Å². The summed E-state index contributed by atoms with van der Waals surface area (Å²) >= 11 is 0. The summed E-state index contributed by atoms with van der Waals surface area (Å²) in [5.74, 6) is 0.0805. The van der Waals surface area contributed by atoms with Crippen molar-refractivity contribution in [3.63, 3.8) is 0 Å². The maximum atomic E-state index is 9.39. The van der Waals surface area contributed by atoms with E-state index in [1.165, 1.54) is 6.07 Å². The summed E-state index contributed by atoms with van der Waals surface area (Å²) in [5, 5.41) is 17.8. The molecule has 0 fully saturated rings. The highest BCUT2D eigenvalue weighted by atomic mass is 16.3. The Bertz CT molecular complexity index is 343. The van der Waals surface area contributed by atoms with Crippen molar-refractivity contribution in [1.29, 1.82) is 5.26 Å². The molecule has 1 aromatic rings. The zero-order chi connectivity index (χ0) is 9.84. The maximum Gasteiger partial charge on any atom is 0.120 e. The van der Waals surface area contributed by atoms with Gasteiger partial charge in [0.1, 0.15) is 5.75 Å². The minimum Gasteiger partial charge on any atom is -0.508 e. The molecular formula is C9H11N3O. The molecule has 0 saturated heterocycles. The Morgan fingerprint density at radius 1 is 1.54 bits per heavy atom. The van der Waals surface area contributed by atoms with Crippen molar-refractivity contribution < 1.29 is 5.11 Å². The monoisotopic (exact) mass is 177 g/mol. The van der Waals surface area contributed by atoms with Gasteiger partial charge in [-0.1, -0.05) is 0 Å². The van der Waals surface area contributed by atoms with Crippen LogP contribution in [0.15, 0.2) is 18.2 Å². The number of phenols is 1. The fourth-order valence-electron chi connectivity index (χ4n) is 1.08. The molecule has 68 valence electrons. The SMILES string of the molecule is N#CCC(N)c1cc(N)ccc1O. The number of anilines is 1. The molecule has 0 spiro atoms. The van der Waals surface area contributed by atoms with Crippen LogP contribution in [0.4, 0.5) is 5.69 Å². The second-order valence-corrected chi connectivity index (χ2v) is 2.79. The number of nitrogens with zero attached hydrogens (tertiary/aromatic N) is 1. The lowest BCUT2D eigenvalue weighted by Crippen LogP contribution is -2.09. The van der Waals surface area contributed by atoms with Gasteiger partial charge in [0, 0.05) is 17.3 Å². The van der Waals surface area contributed by atoms with Crippen LogP contribution >= 0.6 is 0 Å². The molecule has 1 unspecified atom stereocenters. The highest BCUT2D eigenvalue weighted by Gasteiger charge is 2.10. The molecule has 0 radical (unpaired) electrons. The summed E-state index contributed by atoms with van der Waals surface area (Å²) in [4.78, 5) is 0. The van der Waals surface area contributed by atoms with E-state index in [-0.39, 0.29) is 12.2 Å². The molecule has 1 atom stereocenters. The summed E-state index contributed by atoms with van der Waals surface area (Å²) in [6.07, 6.45) is 0.164. The van der Waals surface area contributed by atoms with Gasteiger partial charge in [-0.05, 0) is 18.2 Å². The second-order valence-electron chi connectivity index (χ2n) is 2.79. The first-order valence-electron chi connectivity index (χ1n) is 3.86. The number of nitriles is 1. The van der Waals surface area contributed by atoms with Gasteiger partial charge in [0.15, 0.2) is 0 Å². The molecular weight excluding hydrogens is 166 g/mol. The Hall–Kier alpha value is -1.73. The number of hydrogen-bond acceptors (Lipinski definition) is 4. The van der Waals surface area contributed by atoms with E-state index >= 15 is 0 Å². The molecule has 0 aliphatic carbocycles. The first kappa shape index (κ1) is 9.36. The number of hydrogen-bond donors (Lipinski definition) is 3. The van der Waals surface area contributed by atoms with Crippen LogP contribution in [-0.2, 0) is 0 Å². The van der Waals surface area contributed by atoms with Crippen molar-refractivity contribution in [3.8, 4) is 11.8 Å². The van der Waals surface area contributed by atoms with Gasteiger partial charge < -0.3 is 16.6 Å². The van der Waals surface area contributed by atoms with Crippen LogP contribution in [0.3, 0.4) is 0 Å². The van der Waals surface area contributed by atoms with E-state index in [9.17, 15) is 5.11 Å². The molecule has 1 aromatic carbocycles. The van der Waals surface area contributed by atoms with Crippen molar-refractivity contribution in [2.45, 2.75) is 12.5 Å². The van der Waals surface area contributed by atoms with Gasteiger partial charge in [0.05, 0.1) is 12.5 Å². The lowest BCUT2D eigenvalue weighted by atomic mass is 10.0. The molecule has 0 aromatic heterocycles. The van der Waals surface area contributed by atoms with Crippen molar-refractivity contribution in [3.05, 3.63) is 23.8 Å². The zero-order valence-corrected chi connectivity index (χ0v) is 7.07. The third kappa shape index (κ3) is 2.10. The second kappa shape index (κ2) is 3.78. The van der Waals surface area contributed by atoms with Gasteiger partial charge in [0.25, 0.3) is 0 Å². The largest absolute Gasteiger partial charge is 0.508 e. The van der Waals surface area contributed by atoms with Gasteiger partial charge in [-0.25, -0.2) is 0 Å². The van der Waals surface area contributed by atoms with Crippen LogP contribution in [-0.4, -0.2) is 5.11 Å². The van der Waals surface area contributed by atoms with E-state index in [0.29, 0.717) is 11.3 Å². The molecule has 0 saturated carbocycles. The number of nitrogen functional groups attached to an aromatic ring is 1. The fourth-order valence-corrected chi connectivity index (χ4v) is 1.08. The summed E-state index contributed by atoms with van der Waals surface area (Å²) in [6.45, 7) is 0. The molecule has 13 heavy (non-hydrogen) atoms. The summed E-state index contributed by atoms with van der Waals surface area (Å²) in [7, 11) is 0. The predicted octanol–water partition coefficient (Wildman–Crippen LogP) is 0.888. The molecule has 5 N–H and O–H groups in total. The van der Waals surface area contributed by atoms with Crippen molar-refractivity contribution in [1.82, 2.24) is 0 Å². The lowest BCUT2D eigenvalue weighted by Gasteiger charge is -2.10. The quantitative estimate of drug-likeness (QED) is 0.461. The number of nitrogens with two attached hydrogens (primary N) is 2. The topological polar surface area (TPSA) is 96.1 Å². The summed E-state index contributed by atoms with van der Waals surface area (Å²) in [5.41, 5.74) is 12.2. The molecule has 4 nitrogen and oxygen atoms in total. The molecule has 4 heteroatoms. The zero-order valence-electron chi connectivity index (χ0n) is 7.07. The molecule has 0 aliphatic rings. The van der Waals surface area contributed by atoms with E-state index in [0.717, 1.165) is 0 Å². The minimum atomic E-state index is -0.478. The van der Waals surface area contributed by atoms with Crippen molar-refractivity contribution in [2.75, 3.05) is 5.73 Å². The number of rotatable bonds is 2. The van der Waals surface area contributed by atoms with Gasteiger partial charge >= 0.3 is 0 Å². The van der Waals surface area contributed by atoms with Crippen molar-refractivity contribution >= 4 is 5.69 Å². The third-order valence-corrected chi connectivity index (χ3v) is 1.76. The lowest BCUT2D eigenvalue weighted by molar-refractivity contribution is 0.462. The van der Waals surface area contributed by atoms with Crippen LogP contribution < -0.4 is 11.5 Å². The van der Waals surface area contributed by atoms with Crippen LogP contribution in [0, 0.1) is 11.3 Å². The van der Waals surface area contributed by atoms with Gasteiger partial charge in [-0.3, -0.25) is 0 Å². The normalized spacial score (nSPS) is 12.0. The average molecular weight is 177 g/mol. The van der Waals surface area contributed by atoms with Crippen LogP contribution in [0.2, 0.25) is 0 Å². The predicted molar refractivity (Wildman–Crippen MR) is 49.7 cm³/mol. The molecule has 0 heterocycles. The summed E-state index contributed by atoms with van der Waals surface area (Å²) < 4.78 is 0. The van der Waals surface area contributed by atoms with E-state index in [4.69, 9.17) is 16.7 Å². The van der Waals surface area contributed by atoms with Gasteiger partial charge in [-0.2, -0.15) is 5.26 Å². The Balaban J connectivity index is 3.00.